The molecule has 0 saturated carbocycles. The Morgan fingerprint density at radius 1 is 1.29 bits per heavy atom. The van der Waals surface area contributed by atoms with Crippen LogP contribution in [-0.4, -0.2) is 18.0 Å². The van der Waals surface area contributed by atoms with Crippen molar-refractivity contribution in [3.63, 3.8) is 0 Å². The number of nitrogens with zero attached hydrogens (tertiary/aromatic N) is 1. The summed E-state index contributed by atoms with van der Waals surface area (Å²) in [4.78, 5) is 2.41. The van der Waals surface area contributed by atoms with Crippen LogP contribution in [0.25, 0.3) is 0 Å². The van der Waals surface area contributed by atoms with Gasteiger partial charge in [-0.15, -0.1) is 0 Å². The number of hydrogen-bond acceptors (Lipinski definition) is 1. The van der Waals surface area contributed by atoms with E-state index in [2.05, 4.69) is 47.9 Å². The average molecular weight is 185 g/mol. The molecule has 1 aliphatic rings. The number of benzene rings is 1. The maximum absolute atomic E-state index is 3.79. The van der Waals surface area contributed by atoms with Gasteiger partial charge in [0.25, 0.3) is 0 Å². The Hall–Kier alpha value is -1.34. The van der Waals surface area contributed by atoms with Crippen molar-refractivity contribution >= 4 is 0 Å². The number of rotatable bonds is 3. The molecular weight excluding hydrogens is 170 g/mol. The van der Waals surface area contributed by atoms with Crippen molar-refractivity contribution in [2.45, 2.75) is 6.54 Å². The minimum Gasteiger partial charge on any atom is -0.291 e. The van der Waals surface area contributed by atoms with Crippen LogP contribution >= 0.6 is 0 Å². The molecule has 0 N–H and O–H groups in total. The van der Waals surface area contributed by atoms with Crippen LogP contribution < -0.4 is 0 Å². The molecule has 1 heteroatoms. The molecule has 0 aromatic heterocycles. The third-order valence-electron chi connectivity index (χ3n) is 2.53. The summed E-state index contributed by atoms with van der Waals surface area (Å²) >= 11 is 0. The highest BCUT2D eigenvalue weighted by Gasteiger charge is 2.11. The summed E-state index contributed by atoms with van der Waals surface area (Å²) in [6.07, 6.45) is 4.20. The lowest BCUT2D eigenvalue weighted by molar-refractivity contribution is 0.342. The van der Waals surface area contributed by atoms with E-state index >= 15 is 0 Å². The first kappa shape index (κ1) is 9.22. The maximum atomic E-state index is 3.79. The molecule has 2 rings (SSSR count). The summed E-state index contributed by atoms with van der Waals surface area (Å²) in [5.74, 6) is 0. The lowest BCUT2D eigenvalue weighted by Gasteiger charge is -2.15. The monoisotopic (exact) mass is 185 g/mol. The van der Waals surface area contributed by atoms with Crippen LogP contribution in [0.4, 0.5) is 0 Å². The summed E-state index contributed by atoms with van der Waals surface area (Å²) in [6, 6.07) is 10.6. The first-order valence-corrected chi connectivity index (χ1v) is 4.96. The summed E-state index contributed by atoms with van der Waals surface area (Å²) in [7, 11) is 0. The van der Waals surface area contributed by atoms with Crippen molar-refractivity contribution < 1.29 is 0 Å². The molecule has 1 aliphatic heterocycles. The van der Waals surface area contributed by atoms with Gasteiger partial charge in [-0.3, -0.25) is 4.90 Å². The summed E-state index contributed by atoms with van der Waals surface area (Å²) < 4.78 is 0. The lowest BCUT2D eigenvalue weighted by atomic mass is 10.2. The average Bonchev–Trinajstić information content (AvgIpc) is 2.67. The fraction of sp³-hybridized carbons (Fsp3) is 0.231. The molecule has 0 spiro atoms. The van der Waals surface area contributed by atoms with Crippen LogP contribution in [0.3, 0.4) is 0 Å². The first-order valence-electron chi connectivity index (χ1n) is 4.96. The van der Waals surface area contributed by atoms with Crippen LogP contribution in [0.2, 0.25) is 0 Å². The van der Waals surface area contributed by atoms with Crippen molar-refractivity contribution in [1.82, 2.24) is 4.90 Å². The van der Waals surface area contributed by atoms with Crippen LogP contribution in [0.15, 0.2) is 54.6 Å². The Balaban J connectivity index is 1.92. The van der Waals surface area contributed by atoms with Crippen molar-refractivity contribution in [2.75, 3.05) is 13.1 Å². The third-order valence-corrected chi connectivity index (χ3v) is 2.53. The highest BCUT2D eigenvalue weighted by atomic mass is 15.1. The molecule has 0 amide bonds. The molecule has 1 heterocycles. The fourth-order valence-corrected chi connectivity index (χ4v) is 1.74. The molecule has 1 aromatic carbocycles. The second kappa shape index (κ2) is 4.25. The van der Waals surface area contributed by atoms with E-state index in [1.807, 2.05) is 6.08 Å². The van der Waals surface area contributed by atoms with Gasteiger partial charge in [0.15, 0.2) is 0 Å². The fourth-order valence-electron chi connectivity index (χ4n) is 1.74. The normalized spacial score (nSPS) is 16.7. The Bertz CT molecular complexity index is 338. The summed E-state index contributed by atoms with van der Waals surface area (Å²) in [5.41, 5.74) is 2.73. The zero-order valence-electron chi connectivity index (χ0n) is 8.32. The van der Waals surface area contributed by atoms with E-state index in [9.17, 15) is 0 Å². The Kier molecular flexibility index (Phi) is 2.80. The highest BCUT2D eigenvalue weighted by Crippen LogP contribution is 2.13. The number of hydrogen-bond donors (Lipinski definition) is 0. The second-order valence-corrected chi connectivity index (χ2v) is 3.64. The van der Waals surface area contributed by atoms with E-state index in [0.29, 0.717) is 0 Å². The molecule has 1 nitrogen and oxygen atoms in total. The van der Waals surface area contributed by atoms with Gasteiger partial charge in [-0.25, -0.2) is 0 Å². The Morgan fingerprint density at radius 3 is 2.71 bits per heavy atom. The quantitative estimate of drug-likeness (QED) is 0.699. The van der Waals surface area contributed by atoms with Gasteiger partial charge in [-0.1, -0.05) is 49.1 Å². The highest BCUT2D eigenvalue weighted by molar-refractivity contribution is 5.24. The van der Waals surface area contributed by atoms with Crippen LogP contribution in [-0.2, 0) is 6.54 Å². The third kappa shape index (κ3) is 2.12. The molecule has 1 aromatic rings. The van der Waals surface area contributed by atoms with Gasteiger partial charge in [-0.2, -0.15) is 0 Å². The first-order chi connectivity index (χ1) is 6.88. The van der Waals surface area contributed by atoms with Gasteiger partial charge in [0.2, 0.25) is 0 Å². The minimum absolute atomic E-state index is 1.04. The van der Waals surface area contributed by atoms with Crippen molar-refractivity contribution in [3.05, 3.63) is 60.2 Å². The maximum Gasteiger partial charge on any atom is 0.0240 e. The van der Waals surface area contributed by atoms with E-state index in [4.69, 9.17) is 0 Å². The predicted molar refractivity (Wildman–Crippen MR) is 60.0 cm³/mol. The van der Waals surface area contributed by atoms with Crippen LogP contribution in [0.5, 0.6) is 0 Å². The molecular formula is C13H15N. The van der Waals surface area contributed by atoms with Crippen molar-refractivity contribution in [3.8, 4) is 0 Å². The molecule has 14 heavy (non-hydrogen) atoms. The van der Waals surface area contributed by atoms with Gasteiger partial charge in [-0.05, 0) is 11.1 Å². The van der Waals surface area contributed by atoms with E-state index < -0.39 is 0 Å². The zero-order valence-corrected chi connectivity index (χ0v) is 8.32. The van der Waals surface area contributed by atoms with Crippen molar-refractivity contribution in [1.29, 1.82) is 0 Å². The van der Waals surface area contributed by atoms with Gasteiger partial charge in [0.05, 0.1) is 0 Å². The van der Waals surface area contributed by atoms with Gasteiger partial charge in [0.1, 0.15) is 0 Å². The zero-order chi connectivity index (χ0) is 9.80. The second-order valence-electron chi connectivity index (χ2n) is 3.64. The summed E-state index contributed by atoms with van der Waals surface area (Å²) in [5, 5.41) is 0. The Labute approximate surface area is 85.4 Å². The van der Waals surface area contributed by atoms with Gasteiger partial charge in [0, 0.05) is 19.6 Å². The topological polar surface area (TPSA) is 3.24 Å². The largest absolute Gasteiger partial charge is 0.291 e. The lowest BCUT2D eigenvalue weighted by Crippen LogP contribution is -2.19. The molecule has 0 unspecified atom stereocenters. The van der Waals surface area contributed by atoms with Crippen LogP contribution in [0.1, 0.15) is 5.56 Å². The molecule has 0 fully saturated rings. The van der Waals surface area contributed by atoms with E-state index in [-0.39, 0.29) is 0 Å². The molecule has 0 atom stereocenters. The van der Waals surface area contributed by atoms with Crippen LogP contribution in [0, 0.1) is 0 Å². The Morgan fingerprint density at radius 2 is 2.07 bits per heavy atom. The van der Waals surface area contributed by atoms with E-state index in [0.717, 1.165) is 19.6 Å². The standard InChI is InChI=1S/C13H15N/c1-2-12-8-9-14(10-12)11-13-6-4-3-5-7-13/h2-8H,1,9-11H2. The van der Waals surface area contributed by atoms with E-state index in [1.165, 1.54) is 11.1 Å². The van der Waals surface area contributed by atoms with E-state index in [1.54, 1.807) is 0 Å². The molecule has 0 saturated heterocycles. The smallest absolute Gasteiger partial charge is 0.0240 e. The molecule has 0 aliphatic carbocycles. The predicted octanol–water partition coefficient (Wildman–Crippen LogP) is 2.61. The van der Waals surface area contributed by atoms with Gasteiger partial charge >= 0.3 is 0 Å². The molecule has 0 bridgehead atoms. The molecule has 72 valence electrons. The van der Waals surface area contributed by atoms with Crippen molar-refractivity contribution in [2.24, 2.45) is 0 Å². The minimum atomic E-state index is 1.04. The SMILES string of the molecule is C=CC1=CCN(Cc2ccccc2)C1. The molecule has 0 radical (unpaired) electrons. The van der Waals surface area contributed by atoms with Gasteiger partial charge < -0.3 is 0 Å². The summed E-state index contributed by atoms with van der Waals surface area (Å²) in [6.45, 7) is 6.92.